The van der Waals surface area contributed by atoms with E-state index in [1.807, 2.05) is 6.92 Å². The van der Waals surface area contributed by atoms with Crippen LogP contribution in [-0.4, -0.2) is 56.8 Å². The molecule has 1 heterocycles. The van der Waals surface area contributed by atoms with Crippen LogP contribution in [-0.2, 0) is 4.74 Å². The number of piperidine rings is 1. The highest BCUT2D eigenvalue weighted by Crippen LogP contribution is 2.09. The van der Waals surface area contributed by atoms with E-state index in [1.165, 1.54) is 58.2 Å². The van der Waals surface area contributed by atoms with Crippen LogP contribution in [0.2, 0.25) is 0 Å². The molecule has 1 rings (SSSR count). The number of ether oxygens (including phenoxy) is 1. The van der Waals surface area contributed by atoms with Crippen molar-refractivity contribution >= 4 is 5.96 Å². The van der Waals surface area contributed by atoms with Crippen LogP contribution in [0.1, 0.15) is 51.9 Å². The van der Waals surface area contributed by atoms with Crippen LogP contribution in [0.3, 0.4) is 0 Å². The summed E-state index contributed by atoms with van der Waals surface area (Å²) in [5.74, 6) is 0.572. The van der Waals surface area contributed by atoms with Crippen LogP contribution < -0.4 is 11.1 Å². The minimum Gasteiger partial charge on any atom is -0.382 e. The van der Waals surface area contributed by atoms with Gasteiger partial charge in [0.05, 0.1) is 0 Å². The number of hydrogen-bond acceptors (Lipinski definition) is 3. The number of likely N-dealkylation sites (tertiary alicyclic amines) is 1. The van der Waals surface area contributed by atoms with Gasteiger partial charge in [0.15, 0.2) is 5.96 Å². The molecule has 0 aromatic heterocycles. The molecule has 0 spiro atoms. The first kappa shape index (κ1) is 18.2. The van der Waals surface area contributed by atoms with E-state index in [9.17, 15) is 0 Å². The van der Waals surface area contributed by atoms with Gasteiger partial charge in [-0.25, -0.2) is 0 Å². The van der Waals surface area contributed by atoms with Crippen molar-refractivity contribution in [1.29, 1.82) is 0 Å². The van der Waals surface area contributed by atoms with Crippen LogP contribution in [0, 0.1) is 0 Å². The van der Waals surface area contributed by atoms with E-state index < -0.39 is 0 Å². The summed E-state index contributed by atoms with van der Waals surface area (Å²) in [6.07, 6.45) is 8.86. The quantitative estimate of drug-likeness (QED) is 0.348. The highest BCUT2D eigenvalue weighted by Gasteiger charge is 2.08. The molecule has 3 N–H and O–H groups in total. The van der Waals surface area contributed by atoms with Gasteiger partial charge in [-0.2, -0.15) is 0 Å². The van der Waals surface area contributed by atoms with Crippen molar-refractivity contribution in [2.24, 2.45) is 10.7 Å². The lowest BCUT2D eigenvalue weighted by molar-refractivity contribution is 0.146. The van der Waals surface area contributed by atoms with Crippen molar-refractivity contribution in [2.45, 2.75) is 51.9 Å². The summed E-state index contributed by atoms with van der Waals surface area (Å²) in [6, 6.07) is 0. The van der Waals surface area contributed by atoms with Gasteiger partial charge in [0, 0.05) is 26.3 Å². The monoisotopic (exact) mass is 298 g/mol. The second-order valence-corrected chi connectivity index (χ2v) is 5.71. The number of guanidine groups is 1. The number of rotatable bonds is 11. The standard InChI is InChI=1S/C16H34N4O/c1-2-21-15-9-11-19-16(17)18-10-5-3-6-12-20-13-7-4-8-14-20/h2-15H2,1H3,(H3,17,18,19). The SMILES string of the molecule is CCOCCCN=C(N)NCCCCCN1CCCCC1. The zero-order valence-electron chi connectivity index (χ0n) is 13.8. The third-order valence-electron chi connectivity index (χ3n) is 3.84. The lowest BCUT2D eigenvalue weighted by Crippen LogP contribution is -2.33. The number of nitrogens with zero attached hydrogens (tertiary/aromatic N) is 2. The summed E-state index contributed by atoms with van der Waals surface area (Å²) in [6.45, 7) is 9.10. The zero-order chi connectivity index (χ0) is 15.2. The number of hydrogen-bond donors (Lipinski definition) is 2. The molecule has 0 atom stereocenters. The molecule has 0 aromatic rings. The molecule has 1 aliphatic rings. The van der Waals surface area contributed by atoms with Gasteiger partial charge < -0.3 is 20.7 Å². The Morgan fingerprint density at radius 3 is 2.71 bits per heavy atom. The first-order valence-electron chi connectivity index (χ1n) is 8.67. The molecule has 5 heteroatoms. The largest absolute Gasteiger partial charge is 0.382 e. The Morgan fingerprint density at radius 2 is 1.95 bits per heavy atom. The highest BCUT2D eigenvalue weighted by molar-refractivity contribution is 5.77. The van der Waals surface area contributed by atoms with Crippen LogP contribution in [0.5, 0.6) is 0 Å². The summed E-state index contributed by atoms with van der Waals surface area (Å²) >= 11 is 0. The van der Waals surface area contributed by atoms with Crippen molar-refractivity contribution in [3.05, 3.63) is 0 Å². The van der Waals surface area contributed by atoms with Gasteiger partial charge in [-0.05, 0) is 58.7 Å². The molecule has 1 aliphatic heterocycles. The van der Waals surface area contributed by atoms with E-state index in [4.69, 9.17) is 10.5 Å². The molecule has 0 bridgehead atoms. The summed E-state index contributed by atoms with van der Waals surface area (Å²) in [5, 5.41) is 3.19. The fourth-order valence-corrected chi connectivity index (χ4v) is 2.60. The number of aliphatic imine (C=N–C) groups is 1. The third-order valence-corrected chi connectivity index (χ3v) is 3.84. The van der Waals surface area contributed by atoms with Gasteiger partial charge >= 0.3 is 0 Å². The van der Waals surface area contributed by atoms with E-state index in [0.717, 1.165) is 32.7 Å². The molecule has 0 radical (unpaired) electrons. The third kappa shape index (κ3) is 10.5. The van der Waals surface area contributed by atoms with Crippen LogP contribution in [0.25, 0.3) is 0 Å². The molecule has 21 heavy (non-hydrogen) atoms. The van der Waals surface area contributed by atoms with E-state index in [-0.39, 0.29) is 0 Å². The van der Waals surface area contributed by atoms with Crippen molar-refractivity contribution in [3.63, 3.8) is 0 Å². The number of nitrogens with one attached hydrogen (secondary N) is 1. The van der Waals surface area contributed by atoms with E-state index in [0.29, 0.717) is 5.96 Å². The first-order valence-corrected chi connectivity index (χ1v) is 8.67. The van der Waals surface area contributed by atoms with E-state index >= 15 is 0 Å². The van der Waals surface area contributed by atoms with Gasteiger partial charge in [-0.3, -0.25) is 4.99 Å². The second-order valence-electron chi connectivity index (χ2n) is 5.71. The fourth-order valence-electron chi connectivity index (χ4n) is 2.60. The molecule has 124 valence electrons. The summed E-state index contributed by atoms with van der Waals surface area (Å²) < 4.78 is 5.26. The lowest BCUT2D eigenvalue weighted by atomic mass is 10.1. The van der Waals surface area contributed by atoms with Gasteiger partial charge in [-0.15, -0.1) is 0 Å². The molecular weight excluding hydrogens is 264 g/mol. The maximum absolute atomic E-state index is 5.81. The Balaban J connectivity index is 1.87. The fraction of sp³-hybridized carbons (Fsp3) is 0.938. The van der Waals surface area contributed by atoms with Gasteiger partial charge in [-0.1, -0.05) is 12.8 Å². The minimum absolute atomic E-state index is 0.572. The molecule has 0 unspecified atom stereocenters. The molecular formula is C16H34N4O. The number of nitrogens with two attached hydrogens (primary N) is 1. The minimum atomic E-state index is 0.572. The van der Waals surface area contributed by atoms with E-state index in [2.05, 4.69) is 15.2 Å². The maximum atomic E-state index is 5.81. The van der Waals surface area contributed by atoms with Crippen LogP contribution in [0.4, 0.5) is 0 Å². The van der Waals surface area contributed by atoms with Gasteiger partial charge in [0.1, 0.15) is 0 Å². The van der Waals surface area contributed by atoms with Crippen molar-refractivity contribution < 1.29 is 4.74 Å². The first-order chi connectivity index (χ1) is 10.3. The Labute approximate surface area is 130 Å². The predicted molar refractivity (Wildman–Crippen MR) is 89.7 cm³/mol. The van der Waals surface area contributed by atoms with Crippen molar-refractivity contribution in [3.8, 4) is 0 Å². The Bertz CT molecular complexity index is 265. The topological polar surface area (TPSA) is 62.9 Å². The molecule has 1 saturated heterocycles. The van der Waals surface area contributed by atoms with Crippen molar-refractivity contribution in [2.75, 3.05) is 45.9 Å². The summed E-state index contributed by atoms with van der Waals surface area (Å²) in [7, 11) is 0. The Morgan fingerprint density at radius 1 is 1.14 bits per heavy atom. The lowest BCUT2D eigenvalue weighted by Gasteiger charge is -2.26. The van der Waals surface area contributed by atoms with Gasteiger partial charge in [0.25, 0.3) is 0 Å². The smallest absolute Gasteiger partial charge is 0.188 e. The predicted octanol–water partition coefficient (Wildman–Crippen LogP) is 1.97. The van der Waals surface area contributed by atoms with Gasteiger partial charge in [0.2, 0.25) is 0 Å². The second kappa shape index (κ2) is 12.9. The maximum Gasteiger partial charge on any atom is 0.188 e. The summed E-state index contributed by atoms with van der Waals surface area (Å²) in [5.41, 5.74) is 5.81. The average molecular weight is 298 g/mol. The number of unbranched alkanes of at least 4 members (excludes halogenated alkanes) is 2. The molecule has 0 aliphatic carbocycles. The van der Waals surface area contributed by atoms with Crippen molar-refractivity contribution in [1.82, 2.24) is 10.2 Å². The summed E-state index contributed by atoms with van der Waals surface area (Å²) in [4.78, 5) is 6.88. The molecule has 0 aromatic carbocycles. The zero-order valence-corrected chi connectivity index (χ0v) is 13.8. The van der Waals surface area contributed by atoms with Crippen LogP contribution in [0.15, 0.2) is 4.99 Å². The Hall–Kier alpha value is -0.810. The van der Waals surface area contributed by atoms with Crippen LogP contribution >= 0.6 is 0 Å². The normalized spacial score (nSPS) is 17.1. The molecule has 0 amide bonds. The Kier molecular flexibility index (Phi) is 11.2. The average Bonchev–Trinajstić information content (AvgIpc) is 2.51. The highest BCUT2D eigenvalue weighted by atomic mass is 16.5. The van der Waals surface area contributed by atoms with E-state index in [1.54, 1.807) is 0 Å². The molecule has 5 nitrogen and oxygen atoms in total. The molecule has 1 fully saturated rings. The molecule has 0 saturated carbocycles.